The number of hydrogen-bond donors (Lipinski definition) is 0. The topological polar surface area (TPSA) is 69.5 Å². The second-order valence-electron chi connectivity index (χ2n) is 7.12. The Labute approximate surface area is 159 Å². The summed E-state index contributed by atoms with van der Waals surface area (Å²) in [6.45, 7) is 1.69. The Hall–Kier alpha value is -2.57. The Kier molecular flexibility index (Phi) is 5.27. The number of carbonyl (C=O) groups excluding carboxylic acids is 1. The summed E-state index contributed by atoms with van der Waals surface area (Å²) in [6.07, 6.45) is 6.42. The van der Waals surface area contributed by atoms with Gasteiger partial charge in [0.15, 0.2) is 23.9 Å². The van der Waals surface area contributed by atoms with Crippen LogP contribution in [0.4, 0.5) is 0 Å². The molecule has 1 aromatic heterocycles. The maximum absolute atomic E-state index is 12.9. The standard InChI is InChI=1S/C20H26N4O3/c1-26-16-9-4-5-10-17(16)27-14-19(25)23-13-7-8-15(23)20-22-21-18-11-3-2-6-12-24(18)20/h4-5,9-10,15H,2-3,6-8,11-14H2,1H3/t15-/m1/s1. The van der Waals surface area contributed by atoms with E-state index in [0.29, 0.717) is 11.5 Å². The SMILES string of the molecule is COc1ccccc1OCC(=O)N1CCC[C@@H]1c1nnc2n1CCCCC2. The van der Waals surface area contributed by atoms with Crippen LogP contribution >= 0.6 is 0 Å². The highest BCUT2D eigenvalue weighted by atomic mass is 16.5. The molecule has 2 aromatic rings. The van der Waals surface area contributed by atoms with Crippen LogP contribution < -0.4 is 9.47 Å². The molecule has 0 spiro atoms. The first kappa shape index (κ1) is 17.8. The second kappa shape index (κ2) is 7.98. The van der Waals surface area contributed by atoms with Gasteiger partial charge in [0.1, 0.15) is 5.82 Å². The Morgan fingerprint density at radius 1 is 1.11 bits per heavy atom. The zero-order valence-electron chi connectivity index (χ0n) is 15.8. The van der Waals surface area contributed by atoms with Gasteiger partial charge in [-0.3, -0.25) is 4.79 Å². The molecule has 144 valence electrons. The van der Waals surface area contributed by atoms with E-state index in [1.807, 2.05) is 29.2 Å². The van der Waals surface area contributed by atoms with Gasteiger partial charge in [-0.15, -0.1) is 10.2 Å². The zero-order chi connectivity index (χ0) is 18.6. The van der Waals surface area contributed by atoms with Crippen molar-refractivity contribution in [3.05, 3.63) is 35.9 Å². The average molecular weight is 370 g/mol. The molecule has 0 unspecified atom stereocenters. The highest BCUT2D eigenvalue weighted by Crippen LogP contribution is 2.33. The molecule has 0 bridgehead atoms. The minimum Gasteiger partial charge on any atom is -0.493 e. The summed E-state index contributed by atoms with van der Waals surface area (Å²) >= 11 is 0. The van der Waals surface area contributed by atoms with Crippen LogP contribution in [0.25, 0.3) is 0 Å². The van der Waals surface area contributed by atoms with Gasteiger partial charge in [0, 0.05) is 19.5 Å². The maximum Gasteiger partial charge on any atom is 0.261 e. The molecule has 7 nitrogen and oxygen atoms in total. The summed E-state index contributed by atoms with van der Waals surface area (Å²) in [4.78, 5) is 14.8. The van der Waals surface area contributed by atoms with Crippen LogP contribution in [0.5, 0.6) is 11.5 Å². The quantitative estimate of drug-likeness (QED) is 0.809. The number of nitrogens with zero attached hydrogens (tertiary/aromatic N) is 4. The molecular formula is C20H26N4O3. The van der Waals surface area contributed by atoms with E-state index in [9.17, 15) is 4.79 Å². The molecule has 3 heterocycles. The van der Waals surface area contributed by atoms with Crippen LogP contribution in [-0.4, -0.2) is 45.8 Å². The molecule has 0 N–H and O–H groups in total. The lowest BCUT2D eigenvalue weighted by atomic mass is 10.2. The first-order chi connectivity index (χ1) is 13.3. The number of amides is 1. The van der Waals surface area contributed by atoms with E-state index >= 15 is 0 Å². The predicted octanol–water partition coefficient (Wildman–Crippen LogP) is 2.76. The highest BCUT2D eigenvalue weighted by molar-refractivity contribution is 5.78. The van der Waals surface area contributed by atoms with Gasteiger partial charge in [-0.1, -0.05) is 18.6 Å². The van der Waals surface area contributed by atoms with Crippen molar-refractivity contribution in [2.75, 3.05) is 20.3 Å². The van der Waals surface area contributed by atoms with Crippen LogP contribution in [0.1, 0.15) is 49.8 Å². The largest absolute Gasteiger partial charge is 0.493 e. The predicted molar refractivity (Wildman–Crippen MR) is 99.8 cm³/mol. The molecule has 1 atom stereocenters. The van der Waals surface area contributed by atoms with Gasteiger partial charge in [-0.25, -0.2) is 0 Å². The molecule has 2 aliphatic rings. The number of aromatic nitrogens is 3. The number of benzene rings is 1. The van der Waals surface area contributed by atoms with E-state index in [4.69, 9.17) is 9.47 Å². The van der Waals surface area contributed by atoms with E-state index in [2.05, 4.69) is 14.8 Å². The fourth-order valence-corrected chi connectivity index (χ4v) is 4.05. The Morgan fingerprint density at radius 3 is 2.81 bits per heavy atom. The van der Waals surface area contributed by atoms with Crippen molar-refractivity contribution in [3.8, 4) is 11.5 Å². The van der Waals surface area contributed by atoms with Gasteiger partial charge >= 0.3 is 0 Å². The summed E-state index contributed by atoms with van der Waals surface area (Å²) in [6, 6.07) is 7.38. The van der Waals surface area contributed by atoms with E-state index in [1.54, 1.807) is 7.11 Å². The first-order valence-electron chi connectivity index (χ1n) is 9.75. The summed E-state index contributed by atoms with van der Waals surface area (Å²) in [7, 11) is 1.59. The van der Waals surface area contributed by atoms with Crippen molar-refractivity contribution in [1.29, 1.82) is 0 Å². The number of ether oxygens (including phenoxy) is 2. The number of rotatable bonds is 5. The molecule has 1 aromatic carbocycles. The normalized spacial score (nSPS) is 19.4. The summed E-state index contributed by atoms with van der Waals surface area (Å²) in [5.41, 5.74) is 0. The third-order valence-corrected chi connectivity index (χ3v) is 5.43. The van der Waals surface area contributed by atoms with E-state index in [0.717, 1.165) is 56.8 Å². The number of carbonyl (C=O) groups is 1. The van der Waals surface area contributed by atoms with Gasteiger partial charge in [0.05, 0.1) is 13.2 Å². The monoisotopic (exact) mass is 370 g/mol. The highest BCUT2D eigenvalue weighted by Gasteiger charge is 2.34. The number of methoxy groups -OCH3 is 1. The zero-order valence-corrected chi connectivity index (χ0v) is 15.8. The molecule has 27 heavy (non-hydrogen) atoms. The molecule has 1 fully saturated rings. The van der Waals surface area contributed by atoms with Crippen LogP contribution in [0, 0.1) is 0 Å². The number of hydrogen-bond acceptors (Lipinski definition) is 5. The molecule has 4 rings (SSSR count). The lowest BCUT2D eigenvalue weighted by Gasteiger charge is -2.25. The fraction of sp³-hybridized carbons (Fsp3) is 0.550. The Morgan fingerprint density at radius 2 is 1.96 bits per heavy atom. The van der Waals surface area contributed by atoms with Gasteiger partial charge in [0.2, 0.25) is 0 Å². The van der Waals surface area contributed by atoms with Crippen LogP contribution in [0.15, 0.2) is 24.3 Å². The van der Waals surface area contributed by atoms with Gasteiger partial charge in [-0.2, -0.15) is 0 Å². The van der Waals surface area contributed by atoms with Crippen LogP contribution in [0.2, 0.25) is 0 Å². The van der Waals surface area contributed by atoms with Gasteiger partial charge < -0.3 is 18.9 Å². The van der Waals surface area contributed by atoms with Crippen LogP contribution in [0.3, 0.4) is 0 Å². The fourth-order valence-electron chi connectivity index (χ4n) is 4.05. The number of likely N-dealkylation sites (tertiary alicyclic amines) is 1. The minimum atomic E-state index is -0.0191. The number of para-hydroxylation sites is 2. The molecule has 0 saturated carbocycles. The van der Waals surface area contributed by atoms with Crippen molar-refractivity contribution < 1.29 is 14.3 Å². The van der Waals surface area contributed by atoms with Crippen molar-refractivity contribution >= 4 is 5.91 Å². The van der Waals surface area contributed by atoms with E-state index < -0.39 is 0 Å². The molecule has 7 heteroatoms. The molecule has 1 amide bonds. The first-order valence-corrected chi connectivity index (χ1v) is 9.75. The maximum atomic E-state index is 12.9. The Balaban J connectivity index is 1.47. The van der Waals surface area contributed by atoms with Crippen molar-refractivity contribution in [2.45, 2.75) is 51.1 Å². The average Bonchev–Trinajstić information content (AvgIpc) is 3.27. The molecule has 0 radical (unpaired) electrons. The Bertz CT molecular complexity index is 804. The summed E-state index contributed by atoms with van der Waals surface area (Å²) in [5.74, 6) is 3.20. The number of aryl methyl sites for hydroxylation is 1. The number of fused-ring (bicyclic) bond motifs is 1. The molecule has 2 aliphatic heterocycles. The third-order valence-electron chi connectivity index (χ3n) is 5.43. The van der Waals surface area contributed by atoms with E-state index in [-0.39, 0.29) is 18.6 Å². The third kappa shape index (κ3) is 3.63. The van der Waals surface area contributed by atoms with Gasteiger partial charge in [-0.05, 0) is 37.8 Å². The smallest absolute Gasteiger partial charge is 0.261 e. The van der Waals surface area contributed by atoms with Crippen molar-refractivity contribution in [2.24, 2.45) is 0 Å². The summed E-state index contributed by atoms with van der Waals surface area (Å²) in [5, 5.41) is 8.86. The minimum absolute atomic E-state index is 0.00174. The van der Waals surface area contributed by atoms with Crippen molar-refractivity contribution in [1.82, 2.24) is 19.7 Å². The van der Waals surface area contributed by atoms with Gasteiger partial charge in [0.25, 0.3) is 5.91 Å². The molecule has 0 aliphatic carbocycles. The second-order valence-corrected chi connectivity index (χ2v) is 7.12. The van der Waals surface area contributed by atoms with E-state index in [1.165, 1.54) is 6.42 Å². The lowest BCUT2D eigenvalue weighted by Crippen LogP contribution is -2.35. The van der Waals surface area contributed by atoms with Crippen LogP contribution in [-0.2, 0) is 17.8 Å². The summed E-state index contributed by atoms with van der Waals surface area (Å²) < 4.78 is 13.3. The van der Waals surface area contributed by atoms with Crippen molar-refractivity contribution in [3.63, 3.8) is 0 Å². The molecular weight excluding hydrogens is 344 g/mol. The lowest BCUT2D eigenvalue weighted by molar-refractivity contribution is -0.134. The molecule has 1 saturated heterocycles.